The molecule has 130 valence electrons. The van der Waals surface area contributed by atoms with E-state index >= 15 is 0 Å². The van der Waals surface area contributed by atoms with Crippen molar-refractivity contribution in [3.05, 3.63) is 60.2 Å². The van der Waals surface area contributed by atoms with E-state index in [0.29, 0.717) is 17.8 Å². The second-order valence-corrected chi connectivity index (χ2v) is 5.50. The van der Waals surface area contributed by atoms with Gasteiger partial charge in [-0.1, -0.05) is 30.3 Å². The third-order valence-electron chi connectivity index (χ3n) is 3.39. The molecular weight excluding hydrogens is 320 g/mol. The SMILES string of the molecule is CC(=O)Nc1ccc(NC(=O)[C@@H](Cc2ccccc2)NC(N)=O)cc1. The van der Waals surface area contributed by atoms with Crippen molar-refractivity contribution >= 4 is 29.2 Å². The molecule has 5 N–H and O–H groups in total. The standard InChI is InChI=1S/C18H20N4O3/c1-12(23)20-14-7-9-15(10-8-14)21-17(24)16(22-18(19)25)11-13-5-3-2-4-6-13/h2-10,16H,11H2,1H3,(H,20,23)(H,21,24)(H3,19,22,25)/t16-/m1/s1. The lowest BCUT2D eigenvalue weighted by Crippen LogP contribution is -2.47. The fraction of sp³-hybridized carbons (Fsp3) is 0.167. The van der Waals surface area contributed by atoms with Crippen molar-refractivity contribution in [2.75, 3.05) is 10.6 Å². The van der Waals surface area contributed by atoms with Crippen LogP contribution in [0.1, 0.15) is 12.5 Å². The summed E-state index contributed by atoms with van der Waals surface area (Å²) in [5.41, 5.74) is 7.25. The molecule has 2 aromatic carbocycles. The minimum Gasteiger partial charge on any atom is -0.352 e. The Kier molecular flexibility index (Phi) is 6.11. The molecule has 1 atom stereocenters. The number of hydrogen-bond acceptors (Lipinski definition) is 3. The van der Waals surface area contributed by atoms with Gasteiger partial charge in [-0.05, 0) is 29.8 Å². The molecular formula is C18H20N4O3. The molecule has 0 aromatic heterocycles. The number of primary amides is 1. The molecule has 7 nitrogen and oxygen atoms in total. The number of urea groups is 1. The van der Waals surface area contributed by atoms with Gasteiger partial charge in [0.2, 0.25) is 11.8 Å². The Morgan fingerprint density at radius 1 is 0.920 bits per heavy atom. The molecule has 0 saturated carbocycles. The summed E-state index contributed by atoms with van der Waals surface area (Å²) in [5, 5.41) is 7.82. The van der Waals surface area contributed by atoms with E-state index in [4.69, 9.17) is 5.73 Å². The van der Waals surface area contributed by atoms with Crippen LogP contribution in [-0.4, -0.2) is 23.9 Å². The molecule has 0 aliphatic rings. The van der Waals surface area contributed by atoms with E-state index in [1.807, 2.05) is 30.3 Å². The number of nitrogens with one attached hydrogen (secondary N) is 3. The monoisotopic (exact) mass is 340 g/mol. The fourth-order valence-corrected chi connectivity index (χ4v) is 2.30. The largest absolute Gasteiger partial charge is 0.352 e. The Balaban J connectivity index is 2.05. The summed E-state index contributed by atoms with van der Waals surface area (Å²) >= 11 is 0. The average Bonchev–Trinajstić information content (AvgIpc) is 2.56. The quantitative estimate of drug-likeness (QED) is 0.643. The van der Waals surface area contributed by atoms with Crippen LogP contribution in [0.4, 0.5) is 16.2 Å². The smallest absolute Gasteiger partial charge is 0.312 e. The van der Waals surface area contributed by atoms with Gasteiger partial charge in [0.1, 0.15) is 6.04 Å². The lowest BCUT2D eigenvalue weighted by Gasteiger charge is -2.17. The zero-order valence-electron chi connectivity index (χ0n) is 13.8. The van der Waals surface area contributed by atoms with Gasteiger partial charge in [-0.3, -0.25) is 9.59 Å². The molecule has 4 amide bonds. The molecule has 0 radical (unpaired) electrons. The van der Waals surface area contributed by atoms with E-state index in [1.54, 1.807) is 24.3 Å². The molecule has 0 bridgehead atoms. The third kappa shape index (κ3) is 5.98. The van der Waals surface area contributed by atoms with Gasteiger partial charge in [0, 0.05) is 24.7 Å². The first-order valence-electron chi connectivity index (χ1n) is 7.72. The summed E-state index contributed by atoms with van der Waals surface area (Å²) in [5.74, 6) is -0.555. The highest BCUT2D eigenvalue weighted by Crippen LogP contribution is 2.14. The first-order valence-corrected chi connectivity index (χ1v) is 7.72. The molecule has 0 heterocycles. The highest BCUT2D eigenvalue weighted by molar-refractivity contribution is 5.97. The number of rotatable bonds is 6. The van der Waals surface area contributed by atoms with Crippen LogP contribution in [0.5, 0.6) is 0 Å². The molecule has 0 spiro atoms. The van der Waals surface area contributed by atoms with Crippen molar-refractivity contribution in [2.45, 2.75) is 19.4 Å². The fourth-order valence-electron chi connectivity index (χ4n) is 2.30. The van der Waals surface area contributed by atoms with E-state index < -0.39 is 12.1 Å². The number of nitrogens with two attached hydrogens (primary N) is 1. The Morgan fingerprint density at radius 2 is 1.48 bits per heavy atom. The Hall–Kier alpha value is -3.35. The van der Waals surface area contributed by atoms with E-state index in [0.717, 1.165) is 5.56 Å². The first kappa shape index (κ1) is 18.0. The van der Waals surface area contributed by atoms with Crippen LogP contribution in [0.2, 0.25) is 0 Å². The van der Waals surface area contributed by atoms with Crippen LogP contribution < -0.4 is 21.7 Å². The summed E-state index contributed by atoms with van der Waals surface area (Å²) in [6, 6.07) is 14.4. The molecule has 2 rings (SSSR count). The minimum atomic E-state index is -0.796. The second-order valence-electron chi connectivity index (χ2n) is 5.50. The van der Waals surface area contributed by atoms with Crippen molar-refractivity contribution in [1.29, 1.82) is 0 Å². The Bertz CT molecular complexity index is 745. The van der Waals surface area contributed by atoms with Gasteiger partial charge in [0.15, 0.2) is 0 Å². The molecule has 0 aliphatic carbocycles. The van der Waals surface area contributed by atoms with Crippen LogP contribution in [0.25, 0.3) is 0 Å². The summed E-state index contributed by atoms with van der Waals surface area (Å²) in [6.07, 6.45) is 0.319. The van der Waals surface area contributed by atoms with Crippen LogP contribution in [-0.2, 0) is 16.0 Å². The minimum absolute atomic E-state index is 0.176. The molecule has 7 heteroatoms. The van der Waals surface area contributed by atoms with Crippen LogP contribution in [0, 0.1) is 0 Å². The van der Waals surface area contributed by atoms with Crippen molar-refractivity contribution in [3.8, 4) is 0 Å². The first-order chi connectivity index (χ1) is 11.9. The summed E-state index contributed by atoms with van der Waals surface area (Å²) in [4.78, 5) is 34.7. The zero-order valence-corrected chi connectivity index (χ0v) is 13.8. The van der Waals surface area contributed by atoms with Gasteiger partial charge in [0.05, 0.1) is 0 Å². The number of amides is 4. The average molecular weight is 340 g/mol. The molecule has 2 aromatic rings. The van der Waals surface area contributed by atoms with Crippen molar-refractivity contribution in [3.63, 3.8) is 0 Å². The topological polar surface area (TPSA) is 113 Å². The predicted molar refractivity (Wildman–Crippen MR) is 96.0 cm³/mol. The van der Waals surface area contributed by atoms with Gasteiger partial charge in [0.25, 0.3) is 0 Å². The van der Waals surface area contributed by atoms with Crippen LogP contribution in [0.3, 0.4) is 0 Å². The maximum absolute atomic E-state index is 12.5. The maximum atomic E-state index is 12.5. The van der Waals surface area contributed by atoms with Crippen molar-refractivity contribution in [1.82, 2.24) is 5.32 Å². The van der Waals surface area contributed by atoms with Crippen LogP contribution in [0.15, 0.2) is 54.6 Å². The number of carbonyl (C=O) groups excluding carboxylic acids is 3. The van der Waals surface area contributed by atoms with Gasteiger partial charge in [-0.2, -0.15) is 0 Å². The second kappa shape index (κ2) is 8.49. The number of benzene rings is 2. The lowest BCUT2D eigenvalue weighted by molar-refractivity contribution is -0.118. The number of anilines is 2. The predicted octanol–water partition coefficient (Wildman–Crippen LogP) is 1.86. The Labute approximate surface area is 145 Å². The summed E-state index contributed by atoms with van der Waals surface area (Å²) in [6.45, 7) is 1.42. The van der Waals surface area contributed by atoms with E-state index in [9.17, 15) is 14.4 Å². The molecule has 0 saturated heterocycles. The molecule has 0 unspecified atom stereocenters. The zero-order chi connectivity index (χ0) is 18.2. The van der Waals surface area contributed by atoms with Crippen molar-refractivity contribution < 1.29 is 14.4 Å². The van der Waals surface area contributed by atoms with E-state index in [-0.39, 0.29) is 11.8 Å². The van der Waals surface area contributed by atoms with Gasteiger partial charge < -0.3 is 21.7 Å². The van der Waals surface area contributed by atoms with Gasteiger partial charge in [-0.15, -0.1) is 0 Å². The Morgan fingerprint density at radius 3 is 2.00 bits per heavy atom. The normalized spacial score (nSPS) is 11.2. The van der Waals surface area contributed by atoms with Gasteiger partial charge in [-0.25, -0.2) is 4.79 Å². The van der Waals surface area contributed by atoms with E-state index in [1.165, 1.54) is 6.92 Å². The number of carbonyl (C=O) groups is 3. The third-order valence-corrected chi connectivity index (χ3v) is 3.39. The van der Waals surface area contributed by atoms with Crippen molar-refractivity contribution in [2.24, 2.45) is 5.73 Å². The number of hydrogen-bond donors (Lipinski definition) is 4. The van der Waals surface area contributed by atoms with Gasteiger partial charge >= 0.3 is 6.03 Å². The van der Waals surface area contributed by atoms with Crippen LogP contribution >= 0.6 is 0 Å². The summed E-state index contributed by atoms with van der Waals surface area (Å²) in [7, 11) is 0. The summed E-state index contributed by atoms with van der Waals surface area (Å²) < 4.78 is 0. The highest BCUT2D eigenvalue weighted by Gasteiger charge is 2.20. The maximum Gasteiger partial charge on any atom is 0.312 e. The highest BCUT2D eigenvalue weighted by atomic mass is 16.2. The van der Waals surface area contributed by atoms with E-state index in [2.05, 4.69) is 16.0 Å². The molecule has 25 heavy (non-hydrogen) atoms. The lowest BCUT2D eigenvalue weighted by atomic mass is 10.1. The molecule has 0 aliphatic heterocycles. The molecule has 0 fully saturated rings.